The molecule has 0 fully saturated rings. The molecule has 0 aliphatic carbocycles. The second-order valence-electron chi connectivity index (χ2n) is 6.47. The number of nitrogens with one attached hydrogen (secondary N) is 1. The van der Waals surface area contributed by atoms with Crippen molar-refractivity contribution in [3.05, 3.63) is 107 Å². The number of hydrazone groups is 1. The fourth-order valence-corrected chi connectivity index (χ4v) is 2.91. The Hall–Kier alpha value is -3.47. The number of carbonyl (C=O) groups is 1. The first-order valence-electron chi connectivity index (χ1n) is 9.32. The average molecular weight is 373 g/mol. The Kier molecular flexibility index (Phi) is 6.90. The van der Waals surface area contributed by atoms with Gasteiger partial charge in [0.25, 0.3) is 11.5 Å². The maximum atomic E-state index is 12.2. The summed E-state index contributed by atoms with van der Waals surface area (Å²) in [5.74, 6) is -0.329. The van der Waals surface area contributed by atoms with E-state index in [0.717, 1.165) is 30.5 Å². The highest BCUT2D eigenvalue weighted by molar-refractivity contribution is 6.01. The van der Waals surface area contributed by atoms with Gasteiger partial charge in [-0.15, -0.1) is 0 Å². The van der Waals surface area contributed by atoms with E-state index in [4.69, 9.17) is 0 Å². The molecule has 0 spiro atoms. The van der Waals surface area contributed by atoms with Crippen LogP contribution < -0.4 is 11.0 Å². The highest BCUT2D eigenvalue weighted by Crippen LogP contribution is 2.10. The third-order valence-electron chi connectivity index (χ3n) is 4.36. The molecule has 5 heteroatoms. The Morgan fingerprint density at radius 2 is 1.57 bits per heavy atom. The molecular formula is C23H23N3O2. The zero-order valence-electron chi connectivity index (χ0n) is 15.6. The number of hydrogen-bond donors (Lipinski definition) is 1. The van der Waals surface area contributed by atoms with Crippen LogP contribution in [0.15, 0.2) is 95.0 Å². The minimum Gasteiger partial charge on any atom is -0.306 e. The molecule has 1 N–H and O–H groups in total. The van der Waals surface area contributed by atoms with Gasteiger partial charge in [0, 0.05) is 12.3 Å². The normalized spacial score (nSPS) is 11.2. The van der Waals surface area contributed by atoms with Gasteiger partial charge in [-0.2, -0.15) is 5.10 Å². The van der Waals surface area contributed by atoms with Crippen LogP contribution in [0.2, 0.25) is 0 Å². The zero-order valence-corrected chi connectivity index (χ0v) is 15.6. The first-order chi connectivity index (χ1) is 13.7. The molecule has 142 valence electrons. The molecule has 28 heavy (non-hydrogen) atoms. The molecule has 5 nitrogen and oxygen atoms in total. The number of rotatable bonds is 8. The van der Waals surface area contributed by atoms with Gasteiger partial charge < -0.3 is 4.57 Å². The van der Waals surface area contributed by atoms with Gasteiger partial charge >= 0.3 is 0 Å². The maximum absolute atomic E-state index is 12.2. The number of aromatic nitrogens is 1. The molecular weight excluding hydrogens is 350 g/mol. The number of pyridine rings is 1. The van der Waals surface area contributed by atoms with Crippen molar-refractivity contribution in [2.75, 3.05) is 0 Å². The summed E-state index contributed by atoms with van der Waals surface area (Å²) in [5.41, 5.74) is 5.46. The lowest BCUT2D eigenvalue weighted by molar-refractivity contribution is -0.121. The minimum absolute atomic E-state index is 0.0603. The van der Waals surface area contributed by atoms with E-state index in [0.29, 0.717) is 0 Å². The van der Waals surface area contributed by atoms with Crippen molar-refractivity contribution < 1.29 is 4.79 Å². The van der Waals surface area contributed by atoms with Crippen LogP contribution in [0.3, 0.4) is 0 Å². The second kappa shape index (κ2) is 10.0. The predicted octanol–water partition coefficient (Wildman–Crippen LogP) is 3.39. The van der Waals surface area contributed by atoms with Gasteiger partial charge in [0.15, 0.2) is 0 Å². The van der Waals surface area contributed by atoms with Gasteiger partial charge in [0.1, 0.15) is 6.54 Å². The Labute approximate surface area is 164 Å². The summed E-state index contributed by atoms with van der Waals surface area (Å²) in [6.45, 7) is -0.0603. The van der Waals surface area contributed by atoms with Crippen LogP contribution in [0.25, 0.3) is 0 Å². The third-order valence-corrected chi connectivity index (χ3v) is 4.36. The maximum Gasteiger partial charge on any atom is 0.260 e. The fourth-order valence-electron chi connectivity index (χ4n) is 2.91. The van der Waals surface area contributed by atoms with E-state index in [9.17, 15) is 9.59 Å². The standard InChI is InChI=1S/C23H23N3O2/c27-22(18-26-17-8-7-16-23(26)28)25-24-21(20-13-5-2-6-14-20)15-9-12-19-10-3-1-4-11-19/h1-8,10-11,13-14,16-17H,9,12,15,18H2,(H,25,27)/b24-21+. The van der Waals surface area contributed by atoms with Crippen LogP contribution >= 0.6 is 0 Å². The summed E-state index contributed by atoms with van der Waals surface area (Å²) >= 11 is 0. The van der Waals surface area contributed by atoms with Crippen LogP contribution in [0, 0.1) is 0 Å². The number of amides is 1. The van der Waals surface area contributed by atoms with E-state index in [1.807, 2.05) is 48.5 Å². The quantitative estimate of drug-likeness (QED) is 0.486. The van der Waals surface area contributed by atoms with E-state index < -0.39 is 0 Å². The Morgan fingerprint density at radius 1 is 0.893 bits per heavy atom. The van der Waals surface area contributed by atoms with Crippen molar-refractivity contribution in [1.29, 1.82) is 0 Å². The largest absolute Gasteiger partial charge is 0.306 e. The summed E-state index contributed by atoms with van der Waals surface area (Å²) in [6, 6.07) is 24.9. The third kappa shape index (κ3) is 5.77. The van der Waals surface area contributed by atoms with Gasteiger partial charge in [-0.3, -0.25) is 9.59 Å². The average Bonchev–Trinajstić information content (AvgIpc) is 2.73. The second-order valence-corrected chi connectivity index (χ2v) is 6.47. The smallest absolute Gasteiger partial charge is 0.260 e. The van der Waals surface area contributed by atoms with Crippen LogP contribution in [0.1, 0.15) is 24.0 Å². The summed E-state index contributed by atoms with van der Waals surface area (Å²) in [7, 11) is 0. The van der Waals surface area contributed by atoms with E-state index in [2.05, 4.69) is 22.7 Å². The lowest BCUT2D eigenvalue weighted by atomic mass is 10.0. The SMILES string of the molecule is O=C(Cn1ccccc1=O)N/N=C(\CCCc1ccccc1)c1ccccc1. The first-order valence-corrected chi connectivity index (χ1v) is 9.32. The van der Waals surface area contributed by atoms with E-state index in [1.165, 1.54) is 16.2 Å². The van der Waals surface area contributed by atoms with E-state index >= 15 is 0 Å². The molecule has 0 saturated carbocycles. The van der Waals surface area contributed by atoms with Gasteiger partial charge in [0.05, 0.1) is 5.71 Å². The highest BCUT2D eigenvalue weighted by Gasteiger charge is 2.07. The molecule has 3 aromatic rings. The van der Waals surface area contributed by atoms with Crippen molar-refractivity contribution in [3.8, 4) is 0 Å². The molecule has 1 amide bonds. The molecule has 0 unspecified atom stereocenters. The van der Waals surface area contributed by atoms with Crippen molar-refractivity contribution >= 4 is 11.6 Å². The van der Waals surface area contributed by atoms with E-state index in [-0.39, 0.29) is 18.0 Å². The van der Waals surface area contributed by atoms with Gasteiger partial charge in [0.2, 0.25) is 0 Å². The summed E-state index contributed by atoms with van der Waals surface area (Å²) in [5, 5.41) is 4.35. The Bertz CT molecular complexity index is 979. The molecule has 2 aromatic carbocycles. The summed E-state index contributed by atoms with van der Waals surface area (Å²) in [4.78, 5) is 24.0. The Balaban J connectivity index is 1.65. The number of nitrogens with zero attached hydrogens (tertiary/aromatic N) is 2. The molecule has 3 rings (SSSR count). The molecule has 0 atom stereocenters. The molecule has 0 aliphatic rings. The number of benzene rings is 2. The molecule has 0 bridgehead atoms. The molecule has 0 saturated heterocycles. The van der Waals surface area contributed by atoms with Gasteiger partial charge in [-0.1, -0.05) is 66.7 Å². The molecule has 1 aromatic heterocycles. The van der Waals surface area contributed by atoms with Gasteiger partial charge in [-0.05, 0) is 36.5 Å². The summed E-state index contributed by atoms with van der Waals surface area (Å²) in [6.07, 6.45) is 4.19. The molecule has 1 heterocycles. The number of aryl methyl sites for hydroxylation is 1. The van der Waals surface area contributed by atoms with E-state index in [1.54, 1.807) is 18.3 Å². The highest BCUT2D eigenvalue weighted by atomic mass is 16.2. The number of carbonyl (C=O) groups excluding carboxylic acids is 1. The van der Waals surface area contributed by atoms with Crippen molar-refractivity contribution in [1.82, 2.24) is 9.99 Å². The topological polar surface area (TPSA) is 63.5 Å². The van der Waals surface area contributed by atoms with Crippen LogP contribution in [-0.2, 0) is 17.8 Å². The number of hydrogen-bond acceptors (Lipinski definition) is 3. The lowest BCUT2D eigenvalue weighted by Gasteiger charge is -2.09. The van der Waals surface area contributed by atoms with Crippen LogP contribution in [0.4, 0.5) is 0 Å². The lowest BCUT2D eigenvalue weighted by Crippen LogP contribution is -2.29. The molecule has 0 radical (unpaired) electrons. The van der Waals surface area contributed by atoms with Crippen LogP contribution in [-0.4, -0.2) is 16.2 Å². The molecule has 0 aliphatic heterocycles. The van der Waals surface area contributed by atoms with Crippen molar-refractivity contribution in [3.63, 3.8) is 0 Å². The van der Waals surface area contributed by atoms with Crippen LogP contribution in [0.5, 0.6) is 0 Å². The zero-order chi connectivity index (χ0) is 19.6. The van der Waals surface area contributed by atoms with Crippen molar-refractivity contribution in [2.24, 2.45) is 5.10 Å². The first kappa shape index (κ1) is 19.3. The van der Waals surface area contributed by atoms with Crippen molar-refractivity contribution in [2.45, 2.75) is 25.8 Å². The van der Waals surface area contributed by atoms with Gasteiger partial charge in [-0.25, -0.2) is 5.43 Å². The Morgan fingerprint density at radius 3 is 2.29 bits per heavy atom. The minimum atomic E-state index is -0.329. The fraction of sp³-hybridized carbons (Fsp3) is 0.174. The monoisotopic (exact) mass is 373 g/mol. The summed E-state index contributed by atoms with van der Waals surface area (Å²) < 4.78 is 1.35. The predicted molar refractivity (Wildman–Crippen MR) is 111 cm³/mol.